The molecule has 1 amide bonds. The van der Waals surface area contributed by atoms with E-state index in [9.17, 15) is 14.3 Å². The molecule has 0 aliphatic rings. The molecule has 0 heterocycles. The maximum Gasteiger partial charge on any atom is 0.220 e. The van der Waals surface area contributed by atoms with Crippen LogP contribution < -0.4 is 5.32 Å². The number of amides is 1. The lowest BCUT2D eigenvalue weighted by Gasteiger charge is -2.10. The second-order valence-electron chi connectivity index (χ2n) is 3.96. The van der Waals surface area contributed by atoms with Gasteiger partial charge in [0.05, 0.1) is 6.10 Å². The molecule has 1 atom stereocenters. The quantitative estimate of drug-likeness (QED) is 0.799. The largest absolute Gasteiger partial charge is 0.388 e. The third kappa shape index (κ3) is 4.95. The third-order valence-corrected chi connectivity index (χ3v) is 2.47. The first-order chi connectivity index (χ1) is 8.13. The molecule has 1 aromatic rings. The predicted octanol–water partition coefficient (Wildman–Crippen LogP) is 2.17. The smallest absolute Gasteiger partial charge is 0.220 e. The molecule has 0 aromatic heterocycles. The number of hydrogen-bond acceptors (Lipinski definition) is 2. The standard InChI is InChI=1S/C13H18FNO2/c1-2-9-15-13(17)8-7-12(16)10-3-5-11(14)6-4-10/h3-6,12,16H,2,7-9H2,1H3,(H,15,17). The molecule has 0 aliphatic carbocycles. The van der Waals surface area contributed by atoms with Crippen molar-refractivity contribution in [3.8, 4) is 0 Å². The average Bonchev–Trinajstić information content (AvgIpc) is 2.34. The van der Waals surface area contributed by atoms with Crippen molar-refractivity contribution in [2.45, 2.75) is 32.3 Å². The first-order valence-corrected chi connectivity index (χ1v) is 5.83. The summed E-state index contributed by atoms with van der Waals surface area (Å²) in [6.07, 6.45) is 0.800. The Kier molecular flexibility index (Phi) is 5.63. The first kappa shape index (κ1) is 13.6. The number of aliphatic hydroxyl groups is 1. The van der Waals surface area contributed by atoms with E-state index in [0.717, 1.165) is 6.42 Å². The third-order valence-electron chi connectivity index (χ3n) is 2.47. The molecule has 0 bridgehead atoms. The Morgan fingerprint density at radius 3 is 2.65 bits per heavy atom. The molecular formula is C13H18FNO2. The van der Waals surface area contributed by atoms with Crippen LogP contribution in [0.25, 0.3) is 0 Å². The zero-order valence-electron chi connectivity index (χ0n) is 9.95. The number of nitrogens with one attached hydrogen (secondary N) is 1. The number of halogens is 1. The molecule has 2 N–H and O–H groups in total. The summed E-state index contributed by atoms with van der Waals surface area (Å²) in [5.74, 6) is -0.394. The fourth-order valence-electron chi connectivity index (χ4n) is 1.47. The topological polar surface area (TPSA) is 49.3 Å². The van der Waals surface area contributed by atoms with Crippen molar-refractivity contribution < 1.29 is 14.3 Å². The van der Waals surface area contributed by atoms with Crippen LogP contribution >= 0.6 is 0 Å². The molecule has 4 heteroatoms. The predicted molar refractivity (Wildman–Crippen MR) is 63.9 cm³/mol. The van der Waals surface area contributed by atoms with Crippen molar-refractivity contribution in [1.29, 1.82) is 0 Å². The Morgan fingerprint density at radius 2 is 2.06 bits per heavy atom. The van der Waals surface area contributed by atoms with Gasteiger partial charge in [-0.25, -0.2) is 4.39 Å². The van der Waals surface area contributed by atoms with Gasteiger partial charge in [0.15, 0.2) is 0 Å². The fourth-order valence-corrected chi connectivity index (χ4v) is 1.47. The van der Waals surface area contributed by atoms with Crippen molar-refractivity contribution in [1.82, 2.24) is 5.32 Å². The van der Waals surface area contributed by atoms with E-state index >= 15 is 0 Å². The molecule has 0 saturated carbocycles. The average molecular weight is 239 g/mol. The Morgan fingerprint density at radius 1 is 1.41 bits per heavy atom. The molecule has 1 rings (SSSR count). The maximum absolute atomic E-state index is 12.7. The number of benzene rings is 1. The first-order valence-electron chi connectivity index (χ1n) is 5.83. The number of aliphatic hydroxyl groups excluding tert-OH is 1. The molecule has 17 heavy (non-hydrogen) atoms. The molecular weight excluding hydrogens is 221 g/mol. The Balaban J connectivity index is 2.36. The molecule has 0 aliphatic heterocycles. The van der Waals surface area contributed by atoms with Crippen LogP contribution in [0.2, 0.25) is 0 Å². The van der Waals surface area contributed by atoms with Crippen molar-refractivity contribution in [2.24, 2.45) is 0 Å². The van der Waals surface area contributed by atoms with Crippen LogP contribution in [0.15, 0.2) is 24.3 Å². The van der Waals surface area contributed by atoms with E-state index in [1.807, 2.05) is 6.92 Å². The van der Waals surface area contributed by atoms with Gasteiger partial charge in [-0.15, -0.1) is 0 Å². The van der Waals surface area contributed by atoms with Gasteiger partial charge in [-0.05, 0) is 30.5 Å². The minimum atomic E-state index is -0.719. The Labute approximate surface area is 101 Å². The van der Waals surface area contributed by atoms with Crippen molar-refractivity contribution in [3.63, 3.8) is 0 Å². The second-order valence-corrected chi connectivity index (χ2v) is 3.96. The van der Waals surface area contributed by atoms with Crippen LogP contribution in [0.3, 0.4) is 0 Å². The molecule has 94 valence electrons. The van der Waals surface area contributed by atoms with Gasteiger partial charge < -0.3 is 10.4 Å². The van der Waals surface area contributed by atoms with Crippen molar-refractivity contribution in [2.75, 3.05) is 6.54 Å². The summed E-state index contributed by atoms with van der Waals surface area (Å²) in [6.45, 7) is 2.64. The molecule has 0 fully saturated rings. The summed E-state index contributed by atoms with van der Waals surface area (Å²) in [4.78, 5) is 11.3. The van der Waals surface area contributed by atoms with E-state index in [-0.39, 0.29) is 18.1 Å². The van der Waals surface area contributed by atoms with Gasteiger partial charge in [0, 0.05) is 13.0 Å². The minimum Gasteiger partial charge on any atom is -0.388 e. The highest BCUT2D eigenvalue weighted by atomic mass is 19.1. The molecule has 3 nitrogen and oxygen atoms in total. The molecule has 0 spiro atoms. The summed E-state index contributed by atoms with van der Waals surface area (Å²) < 4.78 is 12.7. The number of carbonyl (C=O) groups is 1. The lowest BCUT2D eigenvalue weighted by molar-refractivity contribution is -0.121. The Hall–Kier alpha value is -1.42. The van der Waals surface area contributed by atoms with E-state index in [4.69, 9.17) is 0 Å². The molecule has 0 saturated heterocycles. The highest BCUT2D eigenvalue weighted by molar-refractivity contribution is 5.75. The second kappa shape index (κ2) is 7.01. The monoisotopic (exact) mass is 239 g/mol. The zero-order valence-corrected chi connectivity index (χ0v) is 9.95. The number of rotatable bonds is 6. The van der Waals surface area contributed by atoms with E-state index in [1.54, 1.807) is 0 Å². The van der Waals surface area contributed by atoms with Crippen LogP contribution in [0.4, 0.5) is 4.39 Å². The van der Waals surface area contributed by atoms with Gasteiger partial charge >= 0.3 is 0 Å². The van der Waals surface area contributed by atoms with Gasteiger partial charge in [0.2, 0.25) is 5.91 Å². The fraction of sp³-hybridized carbons (Fsp3) is 0.462. The molecule has 1 unspecified atom stereocenters. The SMILES string of the molecule is CCCNC(=O)CCC(O)c1ccc(F)cc1. The molecule has 1 aromatic carbocycles. The van der Waals surface area contributed by atoms with E-state index in [0.29, 0.717) is 18.5 Å². The van der Waals surface area contributed by atoms with Crippen LogP contribution in [-0.2, 0) is 4.79 Å². The van der Waals surface area contributed by atoms with Gasteiger partial charge in [-0.2, -0.15) is 0 Å². The van der Waals surface area contributed by atoms with Crippen molar-refractivity contribution in [3.05, 3.63) is 35.6 Å². The van der Waals surface area contributed by atoms with E-state index < -0.39 is 6.10 Å². The lowest BCUT2D eigenvalue weighted by atomic mass is 10.0. The summed E-state index contributed by atoms with van der Waals surface area (Å²) in [6, 6.07) is 5.67. The highest BCUT2D eigenvalue weighted by Gasteiger charge is 2.10. The normalized spacial score (nSPS) is 12.2. The van der Waals surface area contributed by atoms with Crippen LogP contribution in [0.1, 0.15) is 37.9 Å². The van der Waals surface area contributed by atoms with E-state index in [1.165, 1.54) is 24.3 Å². The van der Waals surface area contributed by atoms with Gasteiger partial charge in [0.25, 0.3) is 0 Å². The highest BCUT2D eigenvalue weighted by Crippen LogP contribution is 2.18. The summed E-state index contributed by atoms with van der Waals surface area (Å²) in [5.41, 5.74) is 0.634. The molecule has 0 radical (unpaired) electrons. The van der Waals surface area contributed by atoms with Gasteiger partial charge in [-0.3, -0.25) is 4.79 Å². The van der Waals surface area contributed by atoms with Crippen LogP contribution in [0, 0.1) is 5.82 Å². The number of carbonyl (C=O) groups excluding carboxylic acids is 1. The zero-order chi connectivity index (χ0) is 12.7. The van der Waals surface area contributed by atoms with E-state index in [2.05, 4.69) is 5.32 Å². The van der Waals surface area contributed by atoms with Crippen molar-refractivity contribution >= 4 is 5.91 Å². The van der Waals surface area contributed by atoms with Gasteiger partial charge in [0.1, 0.15) is 5.82 Å². The lowest BCUT2D eigenvalue weighted by Crippen LogP contribution is -2.24. The summed E-state index contributed by atoms with van der Waals surface area (Å²) in [5, 5.41) is 12.5. The van der Waals surface area contributed by atoms with Gasteiger partial charge in [-0.1, -0.05) is 19.1 Å². The number of hydrogen-bond donors (Lipinski definition) is 2. The van der Waals surface area contributed by atoms with Crippen LogP contribution in [-0.4, -0.2) is 17.6 Å². The maximum atomic E-state index is 12.7. The summed E-state index contributed by atoms with van der Waals surface area (Å²) in [7, 11) is 0. The van der Waals surface area contributed by atoms with Crippen LogP contribution in [0.5, 0.6) is 0 Å². The Bertz CT molecular complexity index is 351. The summed E-state index contributed by atoms with van der Waals surface area (Å²) >= 11 is 0. The minimum absolute atomic E-state index is 0.0620.